The maximum Gasteiger partial charge on any atom is 0.329 e. The van der Waals surface area contributed by atoms with Crippen LogP contribution in [0.25, 0.3) is 11.1 Å². The number of rotatable bonds is 10. The molecule has 38 heavy (non-hydrogen) atoms. The van der Waals surface area contributed by atoms with Crippen molar-refractivity contribution in [3.63, 3.8) is 0 Å². The van der Waals surface area contributed by atoms with Crippen molar-refractivity contribution in [2.24, 2.45) is 10.7 Å². The van der Waals surface area contributed by atoms with Crippen LogP contribution < -0.4 is 15.2 Å². The van der Waals surface area contributed by atoms with Gasteiger partial charge in [0.25, 0.3) is 0 Å². The number of nitrogens with two attached hydrogens (primary N) is 1. The maximum atomic E-state index is 12.9. The average molecular weight is 538 g/mol. The zero-order chi connectivity index (χ0) is 27.1. The Labute approximate surface area is 222 Å². The molecule has 0 saturated carbocycles. The molecule has 0 spiro atoms. The summed E-state index contributed by atoms with van der Waals surface area (Å²) in [5, 5.41) is 0. The molecule has 3 aromatic rings. The molecule has 9 nitrogen and oxygen atoms in total. The van der Waals surface area contributed by atoms with Gasteiger partial charge in [0.05, 0.1) is 24.7 Å². The first-order chi connectivity index (χ1) is 18.3. The fourth-order valence-corrected chi connectivity index (χ4v) is 6.02. The van der Waals surface area contributed by atoms with E-state index in [1.165, 1.54) is 4.31 Å². The van der Waals surface area contributed by atoms with Gasteiger partial charge in [-0.2, -0.15) is 4.31 Å². The highest BCUT2D eigenvalue weighted by molar-refractivity contribution is 7.89. The van der Waals surface area contributed by atoms with E-state index in [-0.39, 0.29) is 11.3 Å². The van der Waals surface area contributed by atoms with Crippen LogP contribution in [0.3, 0.4) is 0 Å². The highest BCUT2D eigenvalue weighted by atomic mass is 32.2. The van der Waals surface area contributed by atoms with Crippen LogP contribution in [0.15, 0.2) is 82.7 Å². The number of aliphatic imine (C=N–C) groups is 1. The van der Waals surface area contributed by atoms with Gasteiger partial charge < -0.3 is 19.9 Å². The maximum absolute atomic E-state index is 12.9. The van der Waals surface area contributed by atoms with Gasteiger partial charge in [-0.3, -0.25) is 0 Å². The predicted molar refractivity (Wildman–Crippen MR) is 145 cm³/mol. The summed E-state index contributed by atoms with van der Waals surface area (Å²) in [5.74, 6) is 0.725. The minimum absolute atomic E-state index is 0.205. The van der Waals surface area contributed by atoms with E-state index < -0.39 is 28.2 Å². The molecule has 1 aliphatic heterocycles. The predicted octanol–water partition coefficient (Wildman–Crippen LogP) is 3.62. The first-order valence-corrected chi connectivity index (χ1v) is 13.6. The molecule has 0 radical (unpaired) electrons. The van der Waals surface area contributed by atoms with E-state index in [9.17, 15) is 13.2 Å². The van der Waals surface area contributed by atoms with Crippen LogP contribution in [0.4, 0.5) is 0 Å². The van der Waals surface area contributed by atoms with Crippen LogP contribution >= 0.6 is 0 Å². The Kier molecular flexibility index (Phi) is 8.77. The van der Waals surface area contributed by atoms with Crippen molar-refractivity contribution in [2.45, 2.75) is 36.4 Å². The molecule has 200 valence electrons. The van der Waals surface area contributed by atoms with E-state index in [0.717, 1.165) is 23.1 Å². The SMILES string of the molecule is COc1cccc(OC)c1-c1ccc(C[C@H](N)C(=O)OC=NC2CCCN2S(=O)(=O)c2ccccc2)cc1. The topological polar surface area (TPSA) is 121 Å². The number of carbonyl (C=O) groups excluding carboxylic acids is 1. The molecule has 10 heteroatoms. The van der Waals surface area contributed by atoms with Gasteiger partial charge in [-0.1, -0.05) is 48.5 Å². The molecule has 1 fully saturated rings. The van der Waals surface area contributed by atoms with Crippen LogP contribution in [-0.2, 0) is 26.0 Å². The lowest BCUT2D eigenvalue weighted by Crippen LogP contribution is -2.36. The average Bonchev–Trinajstić information content (AvgIpc) is 3.43. The zero-order valence-corrected chi connectivity index (χ0v) is 22.1. The number of sulfonamides is 1. The molecule has 0 aromatic heterocycles. The van der Waals surface area contributed by atoms with Gasteiger partial charge in [0.15, 0.2) is 6.40 Å². The summed E-state index contributed by atoms with van der Waals surface area (Å²) >= 11 is 0. The van der Waals surface area contributed by atoms with Crippen molar-refractivity contribution in [1.29, 1.82) is 0 Å². The molecule has 4 rings (SSSR count). The summed E-state index contributed by atoms with van der Waals surface area (Å²) in [6.45, 7) is 0.351. The smallest absolute Gasteiger partial charge is 0.329 e. The molecule has 1 heterocycles. The van der Waals surface area contributed by atoms with Crippen molar-refractivity contribution in [3.8, 4) is 22.6 Å². The molecular formula is C28H31N3O6S. The van der Waals surface area contributed by atoms with Gasteiger partial charge in [-0.05, 0) is 54.7 Å². The number of methoxy groups -OCH3 is 2. The first kappa shape index (κ1) is 27.3. The minimum atomic E-state index is -3.69. The number of hydrogen-bond acceptors (Lipinski definition) is 8. The molecule has 3 aromatic carbocycles. The van der Waals surface area contributed by atoms with Crippen molar-refractivity contribution in [2.75, 3.05) is 20.8 Å². The Hall–Kier alpha value is -3.73. The third kappa shape index (κ3) is 6.04. The lowest BCUT2D eigenvalue weighted by Gasteiger charge is -2.20. The van der Waals surface area contributed by atoms with Crippen LogP contribution in [0.1, 0.15) is 18.4 Å². The molecule has 0 bridgehead atoms. The molecular weight excluding hydrogens is 506 g/mol. The normalized spacial score (nSPS) is 16.9. The summed E-state index contributed by atoms with van der Waals surface area (Å²) in [6.07, 6.45) is 1.83. The van der Waals surface area contributed by atoms with Crippen molar-refractivity contribution in [3.05, 3.63) is 78.4 Å². The van der Waals surface area contributed by atoms with Crippen LogP contribution in [-0.4, -0.2) is 58.1 Å². The number of esters is 1. The molecule has 0 aliphatic carbocycles. The van der Waals surface area contributed by atoms with E-state index in [1.807, 2.05) is 42.5 Å². The lowest BCUT2D eigenvalue weighted by atomic mass is 9.99. The van der Waals surface area contributed by atoms with Gasteiger partial charge in [0.1, 0.15) is 23.7 Å². The Morgan fingerprint density at radius 3 is 2.32 bits per heavy atom. The van der Waals surface area contributed by atoms with Gasteiger partial charge in [0, 0.05) is 6.54 Å². The van der Waals surface area contributed by atoms with Crippen LogP contribution in [0.5, 0.6) is 11.5 Å². The zero-order valence-electron chi connectivity index (χ0n) is 21.3. The third-order valence-corrected chi connectivity index (χ3v) is 8.26. The molecule has 1 unspecified atom stereocenters. The largest absolute Gasteiger partial charge is 0.496 e. The van der Waals surface area contributed by atoms with Crippen LogP contribution in [0.2, 0.25) is 0 Å². The summed E-state index contributed by atoms with van der Waals surface area (Å²) in [5.41, 5.74) is 8.65. The molecule has 1 saturated heterocycles. The summed E-state index contributed by atoms with van der Waals surface area (Å²) in [7, 11) is -0.481. The lowest BCUT2D eigenvalue weighted by molar-refractivity contribution is -0.136. The third-order valence-electron chi connectivity index (χ3n) is 6.35. The van der Waals surface area contributed by atoms with Gasteiger partial charge in [-0.15, -0.1) is 0 Å². The van der Waals surface area contributed by atoms with Gasteiger partial charge >= 0.3 is 5.97 Å². The summed E-state index contributed by atoms with van der Waals surface area (Å²) < 4.78 is 43.3. The second kappa shape index (κ2) is 12.2. The van der Waals surface area contributed by atoms with E-state index in [2.05, 4.69) is 4.99 Å². The van der Waals surface area contributed by atoms with E-state index in [4.69, 9.17) is 19.9 Å². The first-order valence-electron chi connectivity index (χ1n) is 12.2. The number of hydrogen-bond donors (Lipinski definition) is 1. The molecule has 0 amide bonds. The number of benzene rings is 3. The second-order valence-corrected chi connectivity index (χ2v) is 10.7. The number of carbonyl (C=O) groups is 1. The number of nitrogens with zero attached hydrogens (tertiary/aromatic N) is 2. The quantitative estimate of drug-likeness (QED) is 0.238. The van der Waals surface area contributed by atoms with Gasteiger partial charge in [-0.25, -0.2) is 18.2 Å². The summed E-state index contributed by atoms with van der Waals surface area (Å²) in [4.78, 5) is 16.9. The second-order valence-electron chi connectivity index (χ2n) is 8.79. The Bertz CT molecular complexity index is 1360. The van der Waals surface area contributed by atoms with E-state index in [0.29, 0.717) is 30.9 Å². The highest BCUT2D eigenvalue weighted by Crippen LogP contribution is 2.38. The van der Waals surface area contributed by atoms with Gasteiger partial charge in [0.2, 0.25) is 10.0 Å². The Morgan fingerprint density at radius 1 is 1.03 bits per heavy atom. The van der Waals surface area contributed by atoms with Crippen molar-refractivity contribution in [1.82, 2.24) is 4.31 Å². The van der Waals surface area contributed by atoms with E-state index in [1.54, 1.807) is 44.6 Å². The molecule has 2 N–H and O–H groups in total. The molecule has 2 atom stereocenters. The van der Waals surface area contributed by atoms with Crippen molar-refractivity contribution >= 4 is 22.4 Å². The fraction of sp³-hybridized carbons (Fsp3) is 0.286. The fourth-order valence-electron chi connectivity index (χ4n) is 4.40. The number of ether oxygens (including phenoxy) is 3. The Morgan fingerprint density at radius 2 is 1.68 bits per heavy atom. The minimum Gasteiger partial charge on any atom is -0.496 e. The molecule has 1 aliphatic rings. The van der Waals surface area contributed by atoms with Crippen LogP contribution in [0, 0.1) is 0 Å². The van der Waals surface area contributed by atoms with E-state index >= 15 is 0 Å². The van der Waals surface area contributed by atoms with Crippen molar-refractivity contribution < 1.29 is 27.4 Å². The standard InChI is InChI=1S/C28H31N3O6S/c1-35-24-10-6-11-25(36-2)27(24)21-15-13-20(14-16-21)18-23(29)28(32)37-19-30-26-12-7-17-31(26)38(33,34)22-8-4-3-5-9-22/h3-6,8-11,13-16,19,23,26H,7,12,17-18,29H2,1-2H3/t23-,26?/m0/s1. The summed E-state index contributed by atoms with van der Waals surface area (Å²) in [6, 6.07) is 20.5. The monoisotopic (exact) mass is 537 g/mol. The highest BCUT2D eigenvalue weighted by Gasteiger charge is 2.35. The Balaban J connectivity index is 1.36.